The van der Waals surface area contributed by atoms with Crippen LogP contribution >= 0.6 is 0 Å². The molecule has 26 heavy (non-hydrogen) atoms. The number of ether oxygens (including phenoxy) is 2. The van der Waals surface area contributed by atoms with Crippen molar-refractivity contribution in [3.05, 3.63) is 48.0 Å². The number of halogens is 3. The normalized spacial score (nSPS) is 10.8. The highest BCUT2D eigenvalue weighted by Crippen LogP contribution is 2.30. The first-order valence-electron chi connectivity index (χ1n) is 7.26. The number of nitrogens with one attached hydrogen (secondary N) is 2. The zero-order chi connectivity index (χ0) is 19.3. The van der Waals surface area contributed by atoms with E-state index in [1.807, 2.05) is 0 Å². The molecule has 0 aliphatic rings. The first-order valence-corrected chi connectivity index (χ1v) is 7.26. The molecular formula is C17H15F3N2O4. The number of methoxy groups -OCH3 is 2. The van der Waals surface area contributed by atoms with Crippen LogP contribution in [0.5, 0.6) is 11.5 Å². The summed E-state index contributed by atoms with van der Waals surface area (Å²) in [5.74, 6) is -1.27. The molecule has 2 N–H and O–H groups in total. The van der Waals surface area contributed by atoms with Gasteiger partial charge < -0.3 is 20.1 Å². The van der Waals surface area contributed by atoms with E-state index < -0.39 is 23.6 Å². The minimum Gasteiger partial charge on any atom is -0.497 e. The Morgan fingerprint density at radius 3 is 2.04 bits per heavy atom. The van der Waals surface area contributed by atoms with E-state index in [0.29, 0.717) is 5.75 Å². The van der Waals surface area contributed by atoms with Crippen LogP contribution in [0.3, 0.4) is 0 Å². The molecule has 6 nitrogen and oxygen atoms in total. The smallest absolute Gasteiger partial charge is 0.416 e. The third-order valence-corrected chi connectivity index (χ3v) is 3.33. The van der Waals surface area contributed by atoms with Crippen molar-refractivity contribution in [2.45, 2.75) is 6.18 Å². The summed E-state index contributed by atoms with van der Waals surface area (Å²) in [5.41, 5.74) is -0.566. The molecule has 0 aliphatic carbocycles. The second kappa shape index (κ2) is 7.77. The number of hydrogen-bond acceptors (Lipinski definition) is 4. The maximum absolute atomic E-state index is 12.5. The standard InChI is InChI=1S/C17H15F3N2O4/c1-25-12-7-8-13(14(9-12)26-2)22-16(24)15(23)21-11-5-3-10(4-6-11)17(18,19)20/h3-9H,1-2H3,(H,21,23)(H,22,24). The van der Waals surface area contributed by atoms with Gasteiger partial charge in [0.15, 0.2) is 0 Å². The number of anilines is 2. The van der Waals surface area contributed by atoms with Crippen LogP contribution in [0.4, 0.5) is 24.5 Å². The molecule has 0 saturated carbocycles. The van der Waals surface area contributed by atoms with E-state index in [-0.39, 0.29) is 17.1 Å². The summed E-state index contributed by atoms with van der Waals surface area (Å²) in [5, 5.41) is 4.57. The number of benzene rings is 2. The van der Waals surface area contributed by atoms with Crippen LogP contribution in [0, 0.1) is 0 Å². The molecule has 0 aromatic heterocycles. The number of rotatable bonds is 4. The van der Waals surface area contributed by atoms with Gasteiger partial charge in [0.2, 0.25) is 0 Å². The molecule has 2 aromatic rings. The molecule has 9 heteroatoms. The lowest BCUT2D eigenvalue weighted by molar-refractivity contribution is -0.137. The van der Waals surface area contributed by atoms with Crippen LogP contribution in [0.25, 0.3) is 0 Å². The molecule has 0 atom stereocenters. The van der Waals surface area contributed by atoms with Crippen molar-refractivity contribution in [1.29, 1.82) is 0 Å². The van der Waals surface area contributed by atoms with Crippen molar-refractivity contribution in [3.63, 3.8) is 0 Å². The van der Waals surface area contributed by atoms with Gasteiger partial charge in [-0.2, -0.15) is 13.2 Å². The summed E-state index contributed by atoms with van der Waals surface area (Å²) in [7, 11) is 2.84. The monoisotopic (exact) mass is 368 g/mol. The van der Waals surface area contributed by atoms with Crippen molar-refractivity contribution in [2.24, 2.45) is 0 Å². The highest BCUT2D eigenvalue weighted by molar-refractivity contribution is 6.43. The van der Waals surface area contributed by atoms with Gasteiger partial charge in [-0.1, -0.05) is 0 Å². The summed E-state index contributed by atoms with van der Waals surface area (Å²) in [6.07, 6.45) is -4.48. The Kier molecular flexibility index (Phi) is 5.71. The third-order valence-electron chi connectivity index (χ3n) is 3.33. The van der Waals surface area contributed by atoms with E-state index >= 15 is 0 Å². The maximum Gasteiger partial charge on any atom is 0.416 e. The molecule has 0 saturated heterocycles. The van der Waals surface area contributed by atoms with Crippen LogP contribution < -0.4 is 20.1 Å². The van der Waals surface area contributed by atoms with Crippen LogP contribution in [-0.4, -0.2) is 26.0 Å². The van der Waals surface area contributed by atoms with E-state index in [2.05, 4.69) is 10.6 Å². The number of alkyl halides is 3. The predicted molar refractivity (Wildman–Crippen MR) is 88.2 cm³/mol. The lowest BCUT2D eigenvalue weighted by Gasteiger charge is -2.12. The summed E-state index contributed by atoms with van der Waals surface area (Å²) in [6, 6.07) is 8.29. The number of hydrogen-bond donors (Lipinski definition) is 2. The highest BCUT2D eigenvalue weighted by atomic mass is 19.4. The minimum atomic E-state index is -4.48. The number of carbonyl (C=O) groups is 2. The molecule has 138 valence electrons. The fraction of sp³-hybridized carbons (Fsp3) is 0.176. The van der Waals surface area contributed by atoms with Gasteiger partial charge in [0.25, 0.3) is 0 Å². The summed E-state index contributed by atoms with van der Waals surface area (Å²) in [6.45, 7) is 0. The van der Waals surface area contributed by atoms with Crippen molar-refractivity contribution in [3.8, 4) is 11.5 Å². The van der Waals surface area contributed by atoms with Gasteiger partial charge in [-0.15, -0.1) is 0 Å². The molecule has 0 heterocycles. The fourth-order valence-corrected chi connectivity index (χ4v) is 2.01. The Bertz CT molecular complexity index is 805. The average molecular weight is 368 g/mol. The van der Waals surface area contributed by atoms with E-state index in [4.69, 9.17) is 9.47 Å². The predicted octanol–water partition coefficient (Wildman–Crippen LogP) is 3.30. The van der Waals surface area contributed by atoms with Gasteiger partial charge in [0.1, 0.15) is 11.5 Å². The quantitative estimate of drug-likeness (QED) is 0.812. The molecule has 0 spiro atoms. The first kappa shape index (κ1) is 19.1. The maximum atomic E-state index is 12.5. The summed E-state index contributed by atoms with van der Waals surface area (Å²) in [4.78, 5) is 23.9. The minimum absolute atomic E-state index is 0.0554. The van der Waals surface area contributed by atoms with Crippen LogP contribution in [-0.2, 0) is 15.8 Å². The number of amides is 2. The van der Waals surface area contributed by atoms with Crippen molar-refractivity contribution in [2.75, 3.05) is 24.9 Å². The molecular weight excluding hydrogens is 353 g/mol. The van der Waals surface area contributed by atoms with Gasteiger partial charge in [-0.25, -0.2) is 0 Å². The Labute approximate surface area is 146 Å². The number of carbonyl (C=O) groups excluding carboxylic acids is 2. The summed E-state index contributed by atoms with van der Waals surface area (Å²) < 4.78 is 47.6. The van der Waals surface area contributed by atoms with Crippen LogP contribution in [0.15, 0.2) is 42.5 Å². The van der Waals surface area contributed by atoms with E-state index in [1.165, 1.54) is 26.4 Å². The Balaban J connectivity index is 2.05. The lowest BCUT2D eigenvalue weighted by Crippen LogP contribution is -2.29. The van der Waals surface area contributed by atoms with Crippen LogP contribution in [0.1, 0.15) is 5.56 Å². The Morgan fingerprint density at radius 1 is 0.885 bits per heavy atom. The van der Waals surface area contributed by atoms with E-state index in [0.717, 1.165) is 24.3 Å². The van der Waals surface area contributed by atoms with Crippen molar-refractivity contribution in [1.82, 2.24) is 0 Å². The van der Waals surface area contributed by atoms with Gasteiger partial charge in [-0.3, -0.25) is 9.59 Å². The average Bonchev–Trinajstić information content (AvgIpc) is 2.61. The SMILES string of the molecule is COc1ccc(NC(=O)C(=O)Nc2ccc(C(F)(F)F)cc2)c(OC)c1. The molecule has 0 aliphatic heterocycles. The van der Waals surface area contributed by atoms with Crippen molar-refractivity contribution >= 4 is 23.2 Å². The lowest BCUT2D eigenvalue weighted by atomic mass is 10.2. The zero-order valence-corrected chi connectivity index (χ0v) is 13.8. The van der Waals surface area contributed by atoms with Crippen molar-refractivity contribution < 1.29 is 32.2 Å². The molecule has 2 amide bonds. The molecule has 2 aromatic carbocycles. The van der Waals surface area contributed by atoms with Gasteiger partial charge in [0, 0.05) is 11.8 Å². The highest BCUT2D eigenvalue weighted by Gasteiger charge is 2.30. The largest absolute Gasteiger partial charge is 0.497 e. The Hall–Kier alpha value is -3.23. The molecule has 0 bridgehead atoms. The Morgan fingerprint density at radius 2 is 1.50 bits per heavy atom. The molecule has 0 unspecified atom stereocenters. The first-order chi connectivity index (χ1) is 12.2. The second-order valence-electron chi connectivity index (χ2n) is 5.05. The topological polar surface area (TPSA) is 76.7 Å². The zero-order valence-electron chi connectivity index (χ0n) is 13.8. The van der Waals surface area contributed by atoms with Gasteiger partial charge in [0.05, 0.1) is 25.5 Å². The molecule has 0 radical (unpaired) electrons. The second-order valence-corrected chi connectivity index (χ2v) is 5.05. The van der Waals surface area contributed by atoms with Gasteiger partial charge >= 0.3 is 18.0 Å². The fourth-order valence-electron chi connectivity index (χ4n) is 2.01. The van der Waals surface area contributed by atoms with E-state index in [9.17, 15) is 22.8 Å². The third kappa shape index (κ3) is 4.65. The van der Waals surface area contributed by atoms with Gasteiger partial charge in [-0.05, 0) is 36.4 Å². The molecule has 0 fully saturated rings. The van der Waals surface area contributed by atoms with E-state index in [1.54, 1.807) is 6.07 Å². The van der Waals surface area contributed by atoms with Crippen LogP contribution in [0.2, 0.25) is 0 Å². The molecule has 2 rings (SSSR count). The summed E-state index contributed by atoms with van der Waals surface area (Å²) >= 11 is 0.